The maximum absolute atomic E-state index is 10.6. The largest absolute Gasteiger partial charge is 0.504 e. The molecule has 1 heterocycles. The average molecular weight is 497 g/mol. The average Bonchev–Trinajstić information content (AvgIpc) is 2.86. The standard InChI is InChI=1S/C24H32O11/c1-32-17-9-12(3-5-15(17)27)14(7-8-25)23(13-4-6-16(28)18(10-13)33-2)35-24-22(31)21(30)20(29)19(11-26)34-24/h3-6,9-10,14,19-31H,7-8,11H2,1-2H3. The van der Waals surface area contributed by atoms with Crippen molar-refractivity contribution in [2.45, 2.75) is 49.1 Å². The SMILES string of the molecule is COc1cc(C(CCO)C(OC2OC(CO)C(O)C(O)C2O)c2ccc(O)c(OC)c2)ccc1O. The van der Waals surface area contributed by atoms with Crippen molar-refractivity contribution >= 4 is 0 Å². The highest BCUT2D eigenvalue weighted by atomic mass is 16.7. The minimum absolute atomic E-state index is 0.0864. The zero-order chi connectivity index (χ0) is 25.7. The molecule has 0 saturated carbocycles. The highest BCUT2D eigenvalue weighted by molar-refractivity contribution is 5.46. The van der Waals surface area contributed by atoms with Crippen LogP contribution in [-0.2, 0) is 9.47 Å². The van der Waals surface area contributed by atoms with Crippen LogP contribution < -0.4 is 9.47 Å². The molecule has 35 heavy (non-hydrogen) atoms. The first-order chi connectivity index (χ1) is 16.7. The number of hydrogen-bond acceptors (Lipinski definition) is 11. The Labute approximate surface area is 202 Å². The molecule has 7 unspecified atom stereocenters. The summed E-state index contributed by atoms with van der Waals surface area (Å²) in [5.74, 6) is -0.461. The summed E-state index contributed by atoms with van der Waals surface area (Å²) in [6.07, 6.45) is -8.29. The second kappa shape index (κ2) is 11.9. The molecule has 1 aliphatic rings. The van der Waals surface area contributed by atoms with Crippen LogP contribution in [0.15, 0.2) is 36.4 Å². The van der Waals surface area contributed by atoms with Crippen molar-refractivity contribution in [3.8, 4) is 23.0 Å². The highest BCUT2D eigenvalue weighted by Crippen LogP contribution is 2.43. The molecule has 11 nitrogen and oxygen atoms in total. The monoisotopic (exact) mass is 496 g/mol. The van der Waals surface area contributed by atoms with Gasteiger partial charge in [0.05, 0.1) is 26.9 Å². The van der Waals surface area contributed by atoms with E-state index >= 15 is 0 Å². The zero-order valence-electron chi connectivity index (χ0n) is 19.4. The molecule has 1 saturated heterocycles. The minimum atomic E-state index is -1.65. The van der Waals surface area contributed by atoms with Gasteiger partial charge in [-0.2, -0.15) is 0 Å². The summed E-state index contributed by atoms with van der Waals surface area (Å²) in [5, 5.41) is 70.4. The molecule has 11 heteroatoms. The minimum Gasteiger partial charge on any atom is -0.504 e. The van der Waals surface area contributed by atoms with Gasteiger partial charge in [-0.1, -0.05) is 12.1 Å². The lowest BCUT2D eigenvalue weighted by Gasteiger charge is -2.42. The molecule has 0 spiro atoms. The quantitative estimate of drug-likeness (QED) is 0.238. The second-order valence-corrected chi connectivity index (χ2v) is 8.24. The number of rotatable bonds is 10. The molecule has 0 amide bonds. The van der Waals surface area contributed by atoms with Crippen molar-refractivity contribution in [3.05, 3.63) is 47.5 Å². The lowest BCUT2D eigenvalue weighted by Crippen LogP contribution is -2.59. The van der Waals surface area contributed by atoms with Gasteiger partial charge in [0.2, 0.25) is 0 Å². The number of aliphatic hydroxyl groups excluding tert-OH is 5. The lowest BCUT2D eigenvalue weighted by atomic mass is 9.86. The molecule has 2 aromatic rings. The Kier molecular flexibility index (Phi) is 9.14. The number of phenolic OH excluding ortho intramolecular Hbond substituents is 2. The number of aromatic hydroxyl groups is 2. The number of hydrogen-bond donors (Lipinski definition) is 7. The van der Waals surface area contributed by atoms with Crippen molar-refractivity contribution in [2.24, 2.45) is 0 Å². The third-order valence-electron chi connectivity index (χ3n) is 6.10. The van der Waals surface area contributed by atoms with Crippen molar-refractivity contribution in [1.82, 2.24) is 0 Å². The van der Waals surface area contributed by atoms with Crippen LogP contribution in [0.1, 0.15) is 29.6 Å². The van der Waals surface area contributed by atoms with E-state index in [-0.39, 0.29) is 36.0 Å². The lowest BCUT2D eigenvalue weighted by molar-refractivity contribution is -0.314. The Morgan fingerprint density at radius 2 is 1.40 bits per heavy atom. The van der Waals surface area contributed by atoms with Crippen molar-refractivity contribution < 1.29 is 54.7 Å². The van der Waals surface area contributed by atoms with Crippen LogP contribution in [-0.4, -0.2) is 93.9 Å². The van der Waals surface area contributed by atoms with E-state index in [0.717, 1.165) is 0 Å². The van der Waals surface area contributed by atoms with Gasteiger partial charge in [-0.05, 0) is 41.8 Å². The maximum Gasteiger partial charge on any atom is 0.187 e. The number of phenols is 2. The first kappa shape index (κ1) is 27.0. The second-order valence-electron chi connectivity index (χ2n) is 8.24. The summed E-state index contributed by atoms with van der Waals surface area (Å²) in [7, 11) is 2.77. The van der Waals surface area contributed by atoms with E-state index in [1.54, 1.807) is 18.2 Å². The maximum atomic E-state index is 10.6. The van der Waals surface area contributed by atoms with Gasteiger partial charge in [0.15, 0.2) is 29.3 Å². The van der Waals surface area contributed by atoms with Gasteiger partial charge in [0.25, 0.3) is 0 Å². The fourth-order valence-corrected chi connectivity index (χ4v) is 4.16. The highest BCUT2D eigenvalue weighted by Gasteiger charge is 2.45. The fraction of sp³-hybridized carbons (Fsp3) is 0.500. The normalized spacial score (nSPS) is 26.2. The van der Waals surface area contributed by atoms with Crippen LogP contribution >= 0.6 is 0 Å². The molecule has 7 atom stereocenters. The Morgan fingerprint density at radius 3 is 1.94 bits per heavy atom. The molecule has 7 N–H and O–H groups in total. The predicted molar refractivity (Wildman–Crippen MR) is 121 cm³/mol. The van der Waals surface area contributed by atoms with Crippen molar-refractivity contribution in [2.75, 3.05) is 27.4 Å². The van der Waals surface area contributed by atoms with E-state index in [1.807, 2.05) is 0 Å². The van der Waals surface area contributed by atoms with E-state index in [0.29, 0.717) is 11.1 Å². The number of ether oxygens (including phenoxy) is 4. The molecule has 1 fully saturated rings. The molecule has 0 bridgehead atoms. The molecule has 2 aromatic carbocycles. The Balaban J connectivity index is 2.08. The summed E-state index contributed by atoms with van der Waals surface area (Å²) in [6, 6.07) is 9.11. The van der Waals surface area contributed by atoms with E-state index in [4.69, 9.17) is 18.9 Å². The van der Waals surface area contributed by atoms with Crippen molar-refractivity contribution in [1.29, 1.82) is 0 Å². The molecule has 0 aromatic heterocycles. The number of methoxy groups -OCH3 is 2. The molecule has 0 radical (unpaired) electrons. The van der Waals surface area contributed by atoms with Gasteiger partial charge >= 0.3 is 0 Å². The zero-order valence-corrected chi connectivity index (χ0v) is 19.4. The van der Waals surface area contributed by atoms with Crippen LogP contribution in [0.2, 0.25) is 0 Å². The predicted octanol–water partition coefficient (Wildman–Crippen LogP) is 0.139. The Bertz CT molecular complexity index is 966. The summed E-state index contributed by atoms with van der Waals surface area (Å²) in [4.78, 5) is 0. The van der Waals surface area contributed by atoms with Crippen LogP contribution in [0.5, 0.6) is 23.0 Å². The molecule has 1 aliphatic heterocycles. The van der Waals surface area contributed by atoms with Gasteiger partial charge in [-0.15, -0.1) is 0 Å². The fourth-order valence-electron chi connectivity index (χ4n) is 4.16. The van der Waals surface area contributed by atoms with E-state index in [1.165, 1.54) is 32.4 Å². The third kappa shape index (κ3) is 5.78. The van der Waals surface area contributed by atoms with Crippen LogP contribution in [0, 0.1) is 0 Å². The molecule has 194 valence electrons. The van der Waals surface area contributed by atoms with Gasteiger partial charge in [0, 0.05) is 12.5 Å². The van der Waals surface area contributed by atoms with E-state index in [2.05, 4.69) is 0 Å². The van der Waals surface area contributed by atoms with Gasteiger partial charge in [-0.25, -0.2) is 0 Å². The Morgan fingerprint density at radius 1 is 0.829 bits per heavy atom. The van der Waals surface area contributed by atoms with Gasteiger partial charge in [-0.3, -0.25) is 0 Å². The van der Waals surface area contributed by atoms with Crippen LogP contribution in [0.25, 0.3) is 0 Å². The van der Waals surface area contributed by atoms with E-state index in [9.17, 15) is 35.7 Å². The Hall–Kier alpha value is -2.64. The summed E-state index contributed by atoms with van der Waals surface area (Å²) in [6.45, 7) is -0.880. The van der Waals surface area contributed by atoms with Gasteiger partial charge < -0.3 is 54.7 Å². The van der Waals surface area contributed by atoms with E-state index < -0.39 is 49.3 Å². The molecule has 3 rings (SSSR count). The topological polar surface area (TPSA) is 179 Å². The van der Waals surface area contributed by atoms with Crippen LogP contribution in [0.3, 0.4) is 0 Å². The van der Waals surface area contributed by atoms with Gasteiger partial charge in [0.1, 0.15) is 24.4 Å². The summed E-state index contributed by atoms with van der Waals surface area (Å²) >= 11 is 0. The smallest absolute Gasteiger partial charge is 0.187 e. The van der Waals surface area contributed by atoms with Crippen molar-refractivity contribution in [3.63, 3.8) is 0 Å². The number of benzene rings is 2. The third-order valence-corrected chi connectivity index (χ3v) is 6.10. The first-order valence-corrected chi connectivity index (χ1v) is 11.1. The molecular formula is C24H32O11. The summed E-state index contributed by atoms with van der Waals surface area (Å²) in [5.41, 5.74) is 1.08. The molecule has 0 aliphatic carbocycles. The molecular weight excluding hydrogens is 464 g/mol. The summed E-state index contributed by atoms with van der Waals surface area (Å²) < 4.78 is 22.1. The van der Waals surface area contributed by atoms with Crippen LogP contribution in [0.4, 0.5) is 0 Å². The first-order valence-electron chi connectivity index (χ1n) is 11.1. The number of aliphatic hydroxyl groups is 5.